The Morgan fingerprint density at radius 3 is 2.50 bits per heavy atom. The van der Waals surface area contributed by atoms with Gasteiger partial charge in [-0.2, -0.15) is 0 Å². The maximum absolute atomic E-state index is 13.3. The van der Waals surface area contributed by atoms with Gasteiger partial charge in [0.05, 0.1) is 11.3 Å². The summed E-state index contributed by atoms with van der Waals surface area (Å²) in [6.07, 6.45) is -0.901. The highest BCUT2D eigenvalue weighted by molar-refractivity contribution is 5.93. The largest absolute Gasteiger partial charge is 0.506 e. The normalized spacial score (nSPS) is 10.0. The zero-order chi connectivity index (χ0) is 16.1. The van der Waals surface area contributed by atoms with Gasteiger partial charge in [-0.05, 0) is 11.6 Å². The van der Waals surface area contributed by atoms with Crippen molar-refractivity contribution >= 4 is 17.7 Å². The predicted molar refractivity (Wildman–Crippen MR) is 75.3 cm³/mol. The van der Waals surface area contributed by atoms with Gasteiger partial charge in [-0.3, -0.25) is 5.32 Å². The van der Waals surface area contributed by atoms with E-state index in [-0.39, 0.29) is 12.3 Å². The van der Waals surface area contributed by atoms with E-state index in [1.54, 1.807) is 24.3 Å². The summed E-state index contributed by atoms with van der Waals surface area (Å²) >= 11 is 0. The molecule has 2 aromatic carbocycles. The highest BCUT2D eigenvalue weighted by atomic mass is 19.1. The number of ether oxygens (including phenoxy) is 1. The monoisotopic (exact) mass is 305 g/mol. The maximum atomic E-state index is 13.3. The number of carboxylic acid groups (broad SMARTS) is 1. The van der Waals surface area contributed by atoms with E-state index < -0.39 is 29.2 Å². The summed E-state index contributed by atoms with van der Waals surface area (Å²) in [6, 6.07) is 10.3. The first-order valence-electron chi connectivity index (χ1n) is 6.21. The Hall–Kier alpha value is -3.09. The lowest BCUT2D eigenvalue weighted by Crippen LogP contribution is -2.14. The van der Waals surface area contributed by atoms with Gasteiger partial charge in [0, 0.05) is 6.07 Å². The number of aromatic hydroxyl groups is 1. The fourth-order valence-electron chi connectivity index (χ4n) is 1.70. The van der Waals surface area contributed by atoms with Crippen molar-refractivity contribution < 1.29 is 28.9 Å². The van der Waals surface area contributed by atoms with E-state index in [2.05, 4.69) is 5.32 Å². The van der Waals surface area contributed by atoms with Crippen molar-refractivity contribution in [3.63, 3.8) is 0 Å². The molecule has 0 spiro atoms. The number of phenolic OH excluding ortho intramolecular Hbond substituents is 1. The molecule has 114 valence electrons. The van der Waals surface area contributed by atoms with Gasteiger partial charge in [-0.25, -0.2) is 14.0 Å². The molecule has 0 saturated carbocycles. The fraction of sp³-hybridized carbons (Fsp3) is 0.0667. The van der Waals surface area contributed by atoms with Crippen molar-refractivity contribution in [3.05, 3.63) is 59.4 Å². The third kappa shape index (κ3) is 3.72. The number of nitrogens with one attached hydrogen (secondary N) is 1. The van der Waals surface area contributed by atoms with Gasteiger partial charge < -0.3 is 14.9 Å². The number of benzene rings is 2. The number of carboxylic acids is 1. The molecule has 0 unspecified atom stereocenters. The van der Waals surface area contributed by atoms with Crippen molar-refractivity contribution in [2.24, 2.45) is 0 Å². The molecule has 0 aliphatic heterocycles. The van der Waals surface area contributed by atoms with Gasteiger partial charge in [-0.15, -0.1) is 0 Å². The first-order valence-corrected chi connectivity index (χ1v) is 6.21. The van der Waals surface area contributed by atoms with Gasteiger partial charge in [0.1, 0.15) is 18.2 Å². The molecule has 7 heteroatoms. The molecule has 1 amide bonds. The summed E-state index contributed by atoms with van der Waals surface area (Å²) in [4.78, 5) is 22.4. The Morgan fingerprint density at radius 2 is 1.86 bits per heavy atom. The first kappa shape index (κ1) is 15.3. The highest BCUT2D eigenvalue weighted by Gasteiger charge is 2.16. The smallest absolute Gasteiger partial charge is 0.412 e. The first-order chi connectivity index (χ1) is 10.5. The Bertz CT molecular complexity index is 703. The van der Waals surface area contributed by atoms with Crippen molar-refractivity contribution in [1.82, 2.24) is 0 Å². The van der Waals surface area contributed by atoms with Crippen LogP contribution in [-0.2, 0) is 11.3 Å². The highest BCUT2D eigenvalue weighted by Crippen LogP contribution is 2.27. The quantitative estimate of drug-likeness (QED) is 0.755. The lowest BCUT2D eigenvalue weighted by atomic mass is 10.1. The molecule has 0 radical (unpaired) electrons. The predicted octanol–water partition coefficient (Wildman–Crippen LogP) is 2.98. The number of amides is 1. The second kappa shape index (κ2) is 6.57. The average molecular weight is 305 g/mol. The van der Waals surface area contributed by atoms with Crippen LogP contribution in [0.2, 0.25) is 0 Å². The van der Waals surface area contributed by atoms with Crippen molar-refractivity contribution in [2.75, 3.05) is 5.32 Å². The number of rotatable bonds is 4. The summed E-state index contributed by atoms with van der Waals surface area (Å²) in [7, 11) is 0. The number of aromatic carboxylic acids is 1. The number of carbonyl (C=O) groups is 2. The Kier molecular flexibility index (Phi) is 4.57. The number of halogens is 1. The van der Waals surface area contributed by atoms with E-state index in [1.807, 2.05) is 6.07 Å². The van der Waals surface area contributed by atoms with Gasteiger partial charge in [-0.1, -0.05) is 30.3 Å². The molecule has 22 heavy (non-hydrogen) atoms. The van der Waals surface area contributed by atoms with Crippen LogP contribution in [0.4, 0.5) is 14.9 Å². The van der Waals surface area contributed by atoms with Crippen LogP contribution in [-0.4, -0.2) is 22.3 Å². The molecule has 0 aliphatic rings. The molecule has 0 atom stereocenters. The van der Waals surface area contributed by atoms with Crippen molar-refractivity contribution in [1.29, 1.82) is 0 Å². The summed E-state index contributed by atoms with van der Waals surface area (Å²) in [6.45, 7) is 0.000414. The topological polar surface area (TPSA) is 95.9 Å². The number of carbonyl (C=O) groups excluding carboxylic acids is 1. The van der Waals surface area contributed by atoms with Crippen LogP contribution in [0.1, 0.15) is 15.9 Å². The second-order valence-electron chi connectivity index (χ2n) is 4.34. The van der Waals surface area contributed by atoms with Crippen LogP contribution in [0.25, 0.3) is 0 Å². The summed E-state index contributed by atoms with van der Waals surface area (Å²) in [5.41, 5.74) is -0.166. The number of anilines is 1. The average Bonchev–Trinajstić information content (AvgIpc) is 2.48. The standard InChI is InChI=1S/C15H12FNO5/c16-11-7-13(18)12(6-10(11)14(19)20)17-15(21)22-8-9-4-2-1-3-5-9/h1-7,18H,8H2,(H,17,21)(H,19,20). The number of hydrogen-bond donors (Lipinski definition) is 3. The van der Waals surface area contributed by atoms with Crippen LogP contribution in [0.5, 0.6) is 5.75 Å². The van der Waals surface area contributed by atoms with Crippen LogP contribution in [0.15, 0.2) is 42.5 Å². The molecule has 2 aromatic rings. The molecule has 0 fully saturated rings. The molecule has 0 bridgehead atoms. The lowest BCUT2D eigenvalue weighted by Gasteiger charge is -2.10. The number of hydrogen-bond acceptors (Lipinski definition) is 4. The van der Waals surface area contributed by atoms with E-state index >= 15 is 0 Å². The van der Waals surface area contributed by atoms with E-state index in [9.17, 15) is 19.1 Å². The molecular formula is C15H12FNO5. The van der Waals surface area contributed by atoms with Crippen LogP contribution in [0.3, 0.4) is 0 Å². The van der Waals surface area contributed by atoms with Gasteiger partial charge in [0.2, 0.25) is 0 Å². The van der Waals surface area contributed by atoms with E-state index in [0.29, 0.717) is 6.07 Å². The molecular weight excluding hydrogens is 293 g/mol. The zero-order valence-electron chi connectivity index (χ0n) is 11.2. The lowest BCUT2D eigenvalue weighted by molar-refractivity contribution is 0.0691. The molecule has 2 rings (SSSR count). The molecule has 3 N–H and O–H groups in total. The molecule has 0 aromatic heterocycles. The van der Waals surface area contributed by atoms with Crippen molar-refractivity contribution in [2.45, 2.75) is 6.61 Å². The van der Waals surface area contributed by atoms with Gasteiger partial charge in [0.15, 0.2) is 0 Å². The van der Waals surface area contributed by atoms with Gasteiger partial charge in [0.25, 0.3) is 0 Å². The minimum absolute atomic E-state index is 0.000414. The third-order valence-corrected chi connectivity index (χ3v) is 2.77. The summed E-state index contributed by atoms with van der Waals surface area (Å²) in [5.74, 6) is -3.22. The SMILES string of the molecule is O=C(Nc1cc(C(=O)O)c(F)cc1O)OCc1ccccc1. The molecule has 0 heterocycles. The Balaban J connectivity index is 2.05. The molecule has 0 aliphatic carbocycles. The molecule has 6 nitrogen and oxygen atoms in total. The van der Waals surface area contributed by atoms with Gasteiger partial charge >= 0.3 is 12.1 Å². The molecule has 0 saturated heterocycles. The van der Waals surface area contributed by atoms with Crippen LogP contribution >= 0.6 is 0 Å². The minimum Gasteiger partial charge on any atom is -0.506 e. The second-order valence-corrected chi connectivity index (χ2v) is 4.34. The van der Waals surface area contributed by atoms with Crippen LogP contribution < -0.4 is 5.32 Å². The third-order valence-electron chi connectivity index (χ3n) is 2.77. The van der Waals surface area contributed by atoms with E-state index in [1.165, 1.54) is 0 Å². The zero-order valence-corrected chi connectivity index (χ0v) is 11.2. The Labute approximate surface area is 124 Å². The van der Waals surface area contributed by atoms with E-state index in [4.69, 9.17) is 9.84 Å². The van der Waals surface area contributed by atoms with Crippen LogP contribution in [0, 0.1) is 5.82 Å². The summed E-state index contributed by atoms with van der Waals surface area (Å²) < 4.78 is 18.2. The van der Waals surface area contributed by atoms with E-state index in [0.717, 1.165) is 11.6 Å². The van der Waals surface area contributed by atoms with Crippen molar-refractivity contribution in [3.8, 4) is 5.75 Å². The maximum Gasteiger partial charge on any atom is 0.412 e. The number of phenols is 1. The fourth-order valence-corrected chi connectivity index (χ4v) is 1.70. The summed E-state index contributed by atoms with van der Waals surface area (Å²) in [5, 5.41) is 20.5. The Morgan fingerprint density at radius 1 is 1.18 bits per heavy atom. The minimum atomic E-state index is -1.52.